The first kappa shape index (κ1) is 14.1. The predicted octanol–water partition coefficient (Wildman–Crippen LogP) is 3.51. The second kappa shape index (κ2) is 5.75. The van der Waals surface area contributed by atoms with Crippen molar-refractivity contribution in [1.29, 1.82) is 0 Å². The highest BCUT2D eigenvalue weighted by Gasteiger charge is 2.08. The fraction of sp³-hybridized carbons (Fsp3) is 0. The van der Waals surface area contributed by atoms with Crippen LogP contribution in [0.1, 0.15) is 5.56 Å². The number of rotatable bonds is 3. The molecule has 2 aromatic rings. The molecule has 2 rings (SSSR count). The number of oxime groups is 1. The quantitative estimate of drug-likeness (QED) is 0.394. The molecule has 4 nitrogen and oxygen atoms in total. The Morgan fingerprint density at radius 1 is 1.10 bits per heavy atom. The van der Waals surface area contributed by atoms with E-state index >= 15 is 0 Å². The average molecular weight is 299 g/mol. The molecule has 0 aromatic heterocycles. The van der Waals surface area contributed by atoms with Crippen molar-refractivity contribution in [1.82, 2.24) is 0 Å². The monoisotopic (exact) mass is 298 g/mol. The summed E-state index contributed by atoms with van der Waals surface area (Å²) in [6.07, 6.45) is 0. The molecule has 0 fully saturated rings. The van der Waals surface area contributed by atoms with E-state index in [0.717, 1.165) is 18.2 Å². The van der Waals surface area contributed by atoms with Gasteiger partial charge in [-0.1, -0.05) is 16.8 Å². The van der Waals surface area contributed by atoms with Crippen LogP contribution < -0.4 is 10.5 Å². The van der Waals surface area contributed by atoms with E-state index < -0.39 is 11.6 Å². The summed E-state index contributed by atoms with van der Waals surface area (Å²) in [6.45, 7) is 0. The van der Waals surface area contributed by atoms with E-state index in [1.54, 1.807) is 0 Å². The number of ether oxygens (including phenoxy) is 1. The molecule has 0 amide bonds. The van der Waals surface area contributed by atoms with E-state index in [4.69, 9.17) is 27.3 Å². The molecule has 0 unspecified atom stereocenters. The number of amidine groups is 1. The number of nitrogens with two attached hydrogens (primary N) is 1. The van der Waals surface area contributed by atoms with Gasteiger partial charge in [0, 0.05) is 29.8 Å². The molecule has 2 aromatic carbocycles. The largest absolute Gasteiger partial charge is 0.457 e. The Morgan fingerprint density at radius 2 is 1.75 bits per heavy atom. The summed E-state index contributed by atoms with van der Waals surface area (Å²) < 4.78 is 31.3. The predicted molar refractivity (Wildman–Crippen MR) is 70.4 cm³/mol. The lowest BCUT2D eigenvalue weighted by molar-refractivity contribution is 0.318. The van der Waals surface area contributed by atoms with Crippen molar-refractivity contribution in [3.8, 4) is 11.5 Å². The first-order valence-electron chi connectivity index (χ1n) is 5.41. The number of hydrogen-bond donors (Lipinski definition) is 2. The zero-order valence-electron chi connectivity index (χ0n) is 9.98. The Labute approximate surface area is 118 Å². The van der Waals surface area contributed by atoms with Crippen molar-refractivity contribution in [2.24, 2.45) is 10.9 Å². The van der Waals surface area contributed by atoms with E-state index in [2.05, 4.69) is 5.16 Å². The molecule has 0 spiro atoms. The molecular weight excluding hydrogens is 290 g/mol. The van der Waals surface area contributed by atoms with Gasteiger partial charge in [0.2, 0.25) is 0 Å². The number of halogens is 3. The van der Waals surface area contributed by atoms with Crippen LogP contribution >= 0.6 is 11.6 Å². The lowest BCUT2D eigenvalue weighted by Gasteiger charge is -2.08. The third kappa shape index (κ3) is 3.16. The number of hydrogen-bond acceptors (Lipinski definition) is 3. The minimum Gasteiger partial charge on any atom is -0.457 e. The summed E-state index contributed by atoms with van der Waals surface area (Å²) in [7, 11) is 0. The molecule has 0 aliphatic heterocycles. The van der Waals surface area contributed by atoms with Gasteiger partial charge in [0.1, 0.15) is 23.1 Å². The molecular formula is C13H9ClF2N2O2. The zero-order valence-corrected chi connectivity index (χ0v) is 10.7. The number of benzene rings is 2. The Kier molecular flexibility index (Phi) is 4.05. The minimum atomic E-state index is -0.751. The summed E-state index contributed by atoms with van der Waals surface area (Å²) in [5, 5.41) is 11.6. The van der Waals surface area contributed by atoms with Crippen LogP contribution in [0.3, 0.4) is 0 Å². The van der Waals surface area contributed by atoms with Crippen LogP contribution in [-0.4, -0.2) is 11.0 Å². The first-order chi connectivity index (χ1) is 9.49. The average Bonchev–Trinajstić information content (AvgIpc) is 2.36. The summed E-state index contributed by atoms with van der Waals surface area (Å²) in [5.41, 5.74) is 5.73. The fourth-order valence-corrected chi connectivity index (χ4v) is 1.81. The molecule has 0 bridgehead atoms. The molecule has 7 heteroatoms. The standard InChI is InChI=1S/C13H9ClF2N2O2/c14-12-6-9(1-2-11(12)13(17)18-19)20-10-4-7(15)3-8(16)5-10/h1-6,19H,(H2,17,18). The highest BCUT2D eigenvalue weighted by Crippen LogP contribution is 2.27. The van der Waals surface area contributed by atoms with Gasteiger partial charge in [0.15, 0.2) is 5.84 Å². The normalized spacial score (nSPS) is 11.4. The van der Waals surface area contributed by atoms with Gasteiger partial charge in [-0.05, 0) is 12.1 Å². The van der Waals surface area contributed by atoms with Gasteiger partial charge in [0.25, 0.3) is 0 Å². The summed E-state index contributed by atoms with van der Waals surface area (Å²) in [6, 6.07) is 7.13. The van der Waals surface area contributed by atoms with Gasteiger partial charge in [-0.15, -0.1) is 0 Å². The zero-order chi connectivity index (χ0) is 14.7. The Bertz CT molecular complexity index is 657. The Morgan fingerprint density at radius 3 is 2.30 bits per heavy atom. The van der Waals surface area contributed by atoms with Crippen LogP contribution in [0.2, 0.25) is 5.02 Å². The van der Waals surface area contributed by atoms with Crippen molar-refractivity contribution in [2.75, 3.05) is 0 Å². The highest BCUT2D eigenvalue weighted by atomic mass is 35.5. The van der Waals surface area contributed by atoms with Crippen LogP contribution in [-0.2, 0) is 0 Å². The summed E-state index contributed by atoms with van der Waals surface area (Å²) in [4.78, 5) is 0. The van der Waals surface area contributed by atoms with Crippen molar-refractivity contribution in [3.05, 3.63) is 58.6 Å². The van der Waals surface area contributed by atoms with Crippen LogP contribution in [0.4, 0.5) is 8.78 Å². The van der Waals surface area contributed by atoms with E-state index in [-0.39, 0.29) is 22.4 Å². The van der Waals surface area contributed by atoms with E-state index in [1.165, 1.54) is 18.2 Å². The number of nitrogens with zero attached hydrogens (tertiary/aromatic N) is 1. The second-order valence-electron chi connectivity index (χ2n) is 3.83. The van der Waals surface area contributed by atoms with Gasteiger partial charge in [-0.2, -0.15) is 0 Å². The van der Waals surface area contributed by atoms with Gasteiger partial charge in [-0.25, -0.2) is 8.78 Å². The van der Waals surface area contributed by atoms with Gasteiger partial charge in [-0.3, -0.25) is 0 Å². The van der Waals surface area contributed by atoms with E-state index in [9.17, 15) is 8.78 Å². The van der Waals surface area contributed by atoms with Crippen LogP contribution in [0.5, 0.6) is 11.5 Å². The van der Waals surface area contributed by atoms with Crippen molar-refractivity contribution < 1.29 is 18.7 Å². The summed E-state index contributed by atoms with van der Waals surface area (Å²) >= 11 is 5.93. The highest BCUT2D eigenvalue weighted by molar-refractivity contribution is 6.34. The third-order valence-electron chi connectivity index (χ3n) is 2.40. The smallest absolute Gasteiger partial charge is 0.171 e. The molecule has 0 radical (unpaired) electrons. The maximum atomic E-state index is 13.0. The second-order valence-corrected chi connectivity index (χ2v) is 4.24. The van der Waals surface area contributed by atoms with Gasteiger partial charge < -0.3 is 15.7 Å². The van der Waals surface area contributed by atoms with Crippen LogP contribution in [0.25, 0.3) is 0 Å². The van der Waals surface area contributed by atoms with E-state index in [1.807, 2.05) is 0 Å². The molecule has 0 aliphatic carbocycles. The molecule has 104 valence electrons. The lowest BCUT2D eigenvalue weighted by atomic mass is 10.2. The molecule has 0 aliphatic rings. The Hall–Kier alpha value is -2.34. The fourth-order valence-electron chi connectivity index (χ4n) is 1.54. The maximum absolute atomic E-state index is 13.0. The van der Waals surface area contributed by atoms with Crippen molar-refractivity contribution in [3.63, 3.8) is 0 Å². The Balaban J connectivity index is 2.28. The van der Waals surface area contributed by atoms with Crippen molar-refractivity contribution >= 4 is 17.4 Å². The molecule has 0 atom stereocenters. The lowest BCUT2D eigenvalue weighted by Crippen LogP contribution is -2.13. The first-order valence-corrected chi connectivity index (χ1v) is 5.79. The molecule has 0 saturated heterocycles. The SMILES string of the molecule is NC(=NO)c1ccc(Oc2cc(F)cc(F)c2)cc1Cl. The van der Waals surface area contributed by atoms with Crippen molar-refractivity contribution in [2.45, 2.75) is 0 Å². The third-order valence-corrected chi connectivity index (χ3v) is 2.71. The molecule has 0 heterocycles. The van der Waals surface area contributed by atoms with Crippen LogP contribution in [0, 0.1) is 11.6 Å². The molecule has 3 N–H and O–H groups in total. The van der Waals surface area contributed by atoms with Gasteiger partial charge in [0.05, 0.1) is 5.02 Å². The van der Waals surface area contributed by atoms with Gasteiger partial charge >= 0.3 is 0 Å². The molecule has 20 heavy (non-hydrogen) atoms. The molecule has 0 saturated carbocycles. The minimum absolute atomic E-state index is 0.00452. The summed E-state index contributed by atoms with van der Waals surface area (Å²) in [5.74, 6) is -1.40. The topological polar surface area (TPSA) is 67.8 Å². The van der Waals surface area contributed by atoms with Crippen LogP contribution in [0.15, 0.2) is 41.6 Å². The maximum Gasteiger partial charge on any atom is 0.171 e. The van der Waals surface area contributed by atoms with E-state index in [0.29, 0.717) is 5.56 Å².